The predicted molar refractivity (Wildman–Crippen MR) is 151 cm³/mol. The molecule has 0 aliphatic heterocycles. The summed E-state index contributed by atoms with van der Waals surface area (Å²) in [5, 5.41) is 15.4. The summed E-state index contributed by atoms with van der Waals surface area (Å²) in [7, 11) is 0. The summed E-state index contributed by atoms with van der Waals surface area (Å²) in [5.41, 5.74) is 1.96. The van der Waals surface area contributed by atoms with Gasteiger partial charge in [-0.3, -0.25) is 14.4 Å². The highest BCUT2D eigenvalue weighted by atomic mass is 16.5. The molecule has 0 radical (unpaired) electrons. The first-order valence-corrected chi connectivity index (χ1v) is 13.2. The Labute approximate surface area is 231 Å². The fraction of sp³-hybridized carbons (Fsp3) is 0.387. The average Bonchev–Trinajstić information content (AvgIpc) is 2.95. The maximum Gasteiger partial charge on any atom is 0.306 e. The zero-order chi connectivity index (χ0) is 28.3. The maximum absolute atomic E-state index is 13.2. The van der Waals surface area contributed by atoms with Gasteiger partial charge in [0, 0.05) is 12.8 Å². The van der Waals surface area contributed by atoms with E-state index < -0.39 is 24.0 Å². The van der Waals surface area contributed by atoms with Crippen LogP contribution in [0.3, 0.4) is 0 Å². The molecule has 0 heterocycles. The molecule has 0 aromatic heterocycles. The summed E-state index contributed by atoms with van der Waals surface area (Å²) >= 11 is 0. The Hall–Kier alpha value is -3.75. The van der Waals surface area contributed by atoms with Crippen LogP contribution < -0.4 is 10.6 Å². The van der Waals surface area contributed by atoms with Crippen LogP contribution >= 0.6 is 0 Å². The average molecular weight is 537 g/mol. The lowest BCUT2D eigenvalue weighted by atomic mass is 9.98. The molecule has 0 unspecified atom stereocenters. The summed E-state index contributed by atoms with van der Waals surface area (Å²) < 4.78 is 11.1. The van der Waals surface area contributed by atoms with Crippen molar-refractivity contribution in [3.63, 3.8) is 0 Å². The summed E-state index contributed by atoms with van der Waals surface area (Å²) in [6.45, 7) is 7.48. The molecule has 0 aliphatic carbocycles. The molecule has 2 aromatic carbocycles. The smallest absolute Gasteiger partial charge is 0.306 e. The Morgan fingerprint density at radius 3 is 2.15 bits per heavy atom. The van der Waals surface area contributed by atoms with Gasteiger partial charge in [-0.2, -0.15) is 0 Å². The van der Waals surface area contributed by atoms with Gasteiger partial charge in [-0.1, -0.05) is 72.8 Å². The first kappa shape index (κ1) is 31.5. The van der Waals surface area contributed by atoms with Crippen LogP contribution in [0.4, 0.5) is 0 Å². The molecule has 8 heteroatoms. The summed E-state index contributed by atoms with van der Waals surface area (Å²) in [6, 6.07) is 18.1. The van der Waals surface area contributed by atoms with Crippen molar-refractivity contribution in [2.75, 3.05) is 19.8 Å². The Bertz CT molecular complexity index is 1030. The second-order valence-corrected chi connectivity index (χ2v) is 9.28. The molecule has 2 aromatic rings. The van der Waals surface area contributed by atoms with Gasteiger partial charge in [0.05, 0.1) is 37.8 Å². The predicted octanol–water partition coefficient (Wildman–Crippen LogP) is 3.50. The van der Waals surface area contributed by atoms with Crippen molar-refractivity contribution < 1.29 is 29.0 Å². The minimum absolute atomic E-state index is 0.0623. The lowest BCUT2D eigenvalue weighted by Crippen LogP contribution is -2.46. The molecule has 0 saturated carbocycles. The van der Waals surface area contributed by atoms with Crippen LogP contribution in [0.5, 0.6) is 0 Å². The van der Waals surface area contributed by atoms with Gasteiger partial charge in [-0.15, -0.1) is 13.2 Å². The number of aliphatic hydroxyl groups is 1. The standard InChI is InChI=1S/C31H40N2O6/c1-3-5-17-30(36)39-23-28(22-38-21-25-15-10-7-11-16-25)33-31(37)26(12-4-2)19-29(35)32-27(20-34)18-24-13-8-6-9-14-24/h3-4,6-11,13-16,26-28,34H,1-2,5,12,17-23H2,(H,32,35)(H,33,37)/t26-,27-,28+/m1/s1. The van der Waals surface area contributed by atoms with Gasteiger partial charge < -0.3 is 25.2 Å². The van der Waals surface area contributed by atoms with Crippen molar-refractivity contribution in [2.45, 2.75) is 50.8 Å². The highest BCUT2D eigenvalue weighted by Gasteiger charge is 2.25. The summed E-state index contributed by atoms with van der Waals surface area (Å²) in [4.78, 5) is 38.0. The Balaban J connectivity index is 1.97. The van der Waals surface area contributed by atoms with Crippen molar-refractivity contribution in [3.05, 3.63) is 97.1 Å². The molecule has 0 saturated heterocycles. The molecule has 3 atom stereocenters. The van der Waals surface area contributed by atoms with E-state index in [1.807, 2.05) is 60.7 Å². The normalized spacial score (nSPS) is 12.9. The number of carbonyl (C=O) groups excluding carboxylic acids is 3. The molecule has 39 heavy (non-hydrogen) atoms. The largest absolute Gasteiger partial charge is 0.463 e. The minimum Gasteiger partial charge on any atom is -0.463 e. The van der Waals surface area contributed by atoms with Crippen molar-refractivity contribution in [1.82, 2.24) is 10.6 Å². The monoisotopic (exact) mass is 536 g/mol. The van der Waals surface area contributed by atoms with E-state index in [0.29, 0.717) is 19.4 Å². The van der Waals surface area contributed by atoms with Gasteiger partial charge in [0.1, 0.15) is 6.61 Å². The molecular formula is C31H40N2O6. The highest BCUT2D eigenvalue weighted by molar-refractivity contribution is 5.86. The number of allylic oxidation sites excluding steroid dienone is 2. The fourth-order valence-corrected chi connectivity index (χ4v) is 3.88. The van der Waals surface area contributed by atoms with Gasteiger partial charge in [0.2, 0.25) is 11.8 Å². The van der Waals surface area contributed by atoms with Crippen LogP contribution in [-0.4, -0.2) is 54.8 Å². The van der Waals surface area contributed by atoms with Crippen molar-refractivity contribution in [1.29, 1.82) is 0 Å². The highest BCUT2D eigenvalue weighted by Crippen LogP contribution is 2.12. The third-order valence-corrected chi connectivity index (χ3v) is 5.94. The minimum atomic E-state index is -0.688. The number of carbonyl (C=O) groups is 3. The van der Waals surface area contributed by atoms with E-state index in [0.717, 1.165) is 11.1 Å². The Morgan fingerprint density at radius 2 is 1.54 bits per heavy atom. The van der Waals surface area contributed by atoms with E-state index in [1.165, 1.54) is 0 Å². The second-order valence-electron chi connectivity index (χ2n) is 9.28. The van der Waals surface area contributed by atoms with Gasteiger partial charge in [-0.05, 0) is 30.4 Å². The SMILES string of the molecule is C=CCCC(=O)OC[C@H](COCc1ccccc1)NC(=O)[C@H](CC=C)CC(=O)N[C@@H](CO)Cc1ccccc1. The van der Waals surface area contributed by atoms with E-state index in [9.17, 15) is 19.5 Å². The second kappa shape index (κ2) is 18.5. The lowest BCUT2D eigenvalue weighted by Gasteiger charge is -2.23. The van der Waals surface area contributed by atoms with E-state index >= 15 is 0 Å². The third-order valence-electron chi connectivity index (χ3n) is 5.94. The molecule has 0 bridgehead atoms. The van der Waals surface area contributed by atoms with Crippen molar-refractivity contribution >= 4 is 17.8 Å². The number of ether oxygens (including phenoxy) is 2. The quantitative estimate of drug-likeness (QED) is 0.187. The number of rotatable bonds is 19. The van der Waals surface area contributed by atoms with Gasteiger partial charge >= 0.3 is 5.97 Å². The van der Waals surface area contributed by atoms with Crippen LogP contribution in [0.15, 0.2) is 86.0 Å². The van der Waals surface area contributed by atoms with Gasteiger partial charge in [-0.25, -0.2) is 0 Å². The van der Waals surface area contributed by atoms with Crippen LogP contribution in [0, 0.1) is 5.92 Å². The molecule has 0 aliphatic rings. The number of aliphatic hydroxyl groups excluding tert-OH is 1. The van der Waals surface area contributed by atoms with Crippen molar-refractivity contribution in [2.24, 2.45) is 5.92 Å². The van der Waals surface area contributed by atoms with E-state index in [2.05, 4.69) is 23.8 Å². The Morgan fingerprint density at radius 1 is 0.872 bits per heavy atom. The van der Waals surface area contributed by atoms with Gasteiger partial charge in [0.15, 0.2) is 0 Å². The Kier molecular flexibility index (Phi) is 14.9. The topological polar surface area (TPSA) is 114 Å². The zero-order valence-corrected chi connectivity index (χ0v) is 22.4. The lowest BCUT2D eigenvalue weighted by molar-refractivity contribution is -0.145. The maximum atomic E-state index is 13.2. The number of benzene rings is 2. The van der Waals surface area contributed by atoms with E-state index in [1.54, 1.807) is 12.2 Å². The van der Waals surface area contributed by atoms with Crippen LogP contribution in [0.25, 0.3) is 0 Å². The van der Waals surface area contributed by atoms with Crippen LogP contribution in [0.2, 0.25) is 0 Å². The summed E-state index contributed by atoms with van der Waals surface area (Å²) in [5.74, 6) is -1.80. The molecule has 210 valence electrons. The molecule has 8 nitrogen and oxygen atoms in total. The van der Waals surface area contributed by atoms with Gasteiger partial charge in [0.25, 0.3) is 0 Å². The number of hydrogen-bond acceptors (Lipinski definition) is 6. The third kappa shape index (κ3) is 13.0. The number of hydrogen-bond donors (Lipinski definition) is 3. The van der Waals surface area contributed by atoms with Crippen LogP contribution in [0.1, 0.15) is 36.8 Å². The van der Waals surface area contributed by atoms with E-state index in [4.69, 9.17) is 9.47 Å². The number of nitrogens with one attached hydrogen (secondary N) is 2. The molecule has 2 amide bonds. The summed E-state index contributed by atoms with van der Waals surface area (Å²) in [6.07, 6.45) is 4.58. The van der Waals surface area contributed by atoms with Crippen molar-refractivity contribution in [3.8, 4) is 0 Å². The number of amides is 2. The van der Waals surface area contributed by atoms with Crippen LogP contribution in [-0.2, 0) is 36.9 Å². The molecule has 0 fully saturated rings. The number of esters is 1. The molecule has 3 N–H and O–H groups in total. The first-order valence-electron chi connectivity index (χ1n) is 13.2. The first-order chi connectivity index (χ1) is 18.9. The molecule has 0 spiro atoms. The van der Waals surface area contributed by atoms with E-state index in [-0.39, 0.29) is 50.9 Å². The molecular weight excluding hydrogens is 496 g/mol. The zero-order valence-electron chi connectivity index (χ0n) is 22.4. The molecule has 2 rings (SSSR count). The fourth-order valence-electron chi connectivity index (χ4n) is 3.88.